The van der Waals surface area contributed by atoms with Crippen LogP contribution in [-0.4, -0.2) is 22.0 Å². The Balaban J connectivity index is 2.46. The standard InChI is InChI=1S/C13H16N4/c1-9-11(8-14-3)10(2)17-13(16-9)12-6-4-5-7-15-12/h4-7,14H,8H2,1-3H3. The molecule has 0 amide bonds. The third-order valence-electron chi connectivity index (χ3n) is 2.67. The van der Waals surface area contributed by atoms with E-state index in [9.17, 15) is 0 Å². The molecule has 0 aromatic carbocycles. The van der Waals surface area contributed by atoms with Gasteiger partial charge < -0.3 is 5.32 Å². The van der Waals surface area contributed by atoms with Gasteiger partial charge in [0.2, 0.25) is 0 Å². The average molecular weight is 228 g/mol. The zero-order valence-electron chi connectivity index (χ0n) is 10.4. The zero-order valence-corrected chi connectivity index (χ0v) is 10.4. The van der Waals surface area contributed by atoms with Gasteiger partial charge in [0.15, 0.2) is 5.82 Å². The maximum atomic E-state index is 4.51. The van der Waals surface area contributed by atoms with E-state index in [0.717, 1.165) is 29.2 Å². The summed E-state index contributed by atoms with van der Waals surface area (Å²) in [6.07, 6.45) is 1.75. The molecule has 0 saturated heterocycles. The lowest BCUT2D eigenvalue weighted by Gasteiger charge is -2.09. The fraction of sp³-hybridized carbons (Fsp3) is 0.308. The van der Waals surface area contributed by atoms with Gasteiger partial charge in [0.05, 0.1) is 0 Å². The van der Waals surface area contributed by atoms with Crippen molar-refractivity contribution in [2.45, 2.75) is 20.4 Å². The second kappa shape index (κ2) is 5.01. The maximum Gasteiger partial charge on any atom is 0.178 e. The first kappa shape index (κ1) is 11.7. The number of hydrogen-bond acceptors (Lipinski definition) is 4. The lowest BCUT2D eigenvalue weighted by molar-refractivity contribution is 0.787. The van der Waals surface area contributed by atoms with E-state index in [1.54, 1.807) is 6.20 Å². The van der Waals surface area contributed by atoms with Gasteiger partial charge in [-0.25, -0.2) is 9.97 Å². The van der Waals surface area contributed by atoms with Crippen LogP contribution < -0.4 is 5.32 Å². The Labute approximate surface area is 101 Å². The quantitative estimate of drug-likeness (QED) is 0.871. The molecular formula is C13H16N4. The van der Waals surface area contributed by atoms with Crippen molar-refractivity contribution in [2.75, 3.05) is 7.05 Å². The van der Waals surface area contributed by atoms with E-state index in [-0.39, 0.29) is 0 Å². The molecule has 0 fully saturated rings. The SMILES string of the molecule is CNCc1c(C)nc(-c2ccccn2)nc1C. The molecule has 2 aromatic rings. The van der Waals surface area contributed by atoms with Gasteiger partial charge in [-0.05, 0) is 33.0 Å². The molecule has 0 aliphatic heterocycles. The fourth-order valence-electron chi connectivity index (χ4n) is 1.78. The molecule has 0 bridgehead atoms. The monoisotopic (exact) mass is 228 g/mol. The smallest absolute Gasteiger partial charge is 0.178 e. The Hall–Kier alpha value is -1.81. The number of nitrogens with zero attached hydrogens (tertiary/aromatic N) is 3. The van der Waals surface area contributed by atoms with Gasteiger partial charge in [0, 0.05) is 29.7 Å². The molecule has 0 aliphatic rings. The van der Waals surface area contributed by atoms with Gasteiger partial charge in [0.1, 0.15) is 5.69 Å². The fourth-order valence-corrected chi connectivity index (χ4v) is 1.78. The van der Waals surface area contributed by atoms with Crippen molar-refractivity contribution >= 4 is 0 Å². The molecule has 4 nitrogen and oxygen atoms in total. The van der Waals surface area contributed by atoms with Crippen LogP contribution in [0.1, 0.15) is 17.0 Å². The van der Waals surface area contributed by atoms with Gasteiger partial charge in [0.25, 0.3) is 0 Å². The molecule has 0 radical (unpaired) electrons. The number of pyridine rings is 1. The van der Waals surface area contributed by atoms with Crippen molar-refractivity contribution in [1.82, 2.24) is 20.3 Å². The summed E-state index contributed by atoms with van der Waals surface area (Å²) in [5.41, 5.74) is 3.99. The summed E-state index contributed by atoms with van der Waals surface area (Å²) in [7, 11) is 1.92. The molecule has 4 heteroatoms. The third kappa shape index (κ3) is 2.47. The molecule has 1 N–H and O–H groups in total. The predicted octanol–water partition coefficient (Wildman–Crippen LogP) is 1.87. The number of rotatable bonds is 3. The predicted molar refractivity (Wildman–Crippen MR) is 67.5 cm³/mol. The first-order chi connectivity index (χ1) is 8.22. The van der Waals surface area contributed by atoms with Crippen LogP contribution >= 0.6 is 0 Å². The summed E-state index contributed by atoms with van der Waals surface area (Å²) in [5, 5.41) is 3.13. The summed E-state index contributed by atoms with van der Waals surface area (Å²) in [5.74, 6) is 0.695. The highest BCUT2D eigenvalue weighted by Gasteiger charge is 2.09. The minimum absolute atomic E-state index is 0.695. The van der Waals surface area contributed by atoms with Gasteiger partial charge in [-0.2, -0.15) is 0 Å². The molecular weight excluding hydrogens is 212 g/mol. The molecule has 0 aliphatic carbocycles. The van der Waals surface area contributed by atoms with Crippen molar-refractivity contribution in [1.29, 1.82) is 0 Å². The highest BCUT2D eigenvalue weighted by atomic mass is 14.9. The van der Waals surface area contributed by atoms with Crippen molar-refractivity contribution in [3.05, 3.63) is 41.3 Å². The molecule has 0 atom stereocenters. The molecule has 0 unspecified atom stereocenters. The van der Waals surface area contributed by atoms with E-state index >= 15 is 0 Å². The van der Waals surface area contributed by atoms with Crippen LogP contribution in [0.3, 0.4) is 0 Å². The number of hydrogen-bond donors (Lipinski definition) is 1. The Kier molecular flexibility index (Phi) is 3.44. The second-order valence-corrected chi connectivity index (χ2v) is 3.94. The van der Waals surface area contributed by atoms with E-state index in [1.165, 1.54) is 0 Å². The Bertz CT molecular complexity index is 485. The largest absolute Gasteiger partial charge is 0.316 e. The molecule has 0 saturated carbocycles. The summed E-state index contributed by atoms with van der Waals surface area (Å²) in [6, 6.07) is 5.75. The highest BCUT2D eigenvalue weighted by Crippen LogP contribution is 2.16. The summed E-state index contributed by atoms with van der Waals surface area (Å²) < 4.78 is 0. The molecule has 88 valence electrons. The van der Waals surface area contributed by atoms with Crippen molar-refractivity contribution < 1.29 is 0 Å². The van der Waals surface area contributed by atoms with Crippen LogP contribution in [0.15, 0.2) is 24.4 Å². The maximum absolute atomic E-state index is 4.51. The zero-order chi connectivity index (χ0) is 12.3. The second-order valence-electron chi connectivity index (χ2n) is 3.94. The van der Waals surface area contributed by atoms with E-state index in [0.29, 0.717) is 5.82 Å². The van der Waals surface area contributed by atoms with Gasteiger partial charge >= 0.3 is 0 Å². The first-order valence-electron chi connectivity index (χ1n) is 5.62. The molecule has 17 heavy (non-hydrogen) atoms. The van der Waals surface area contributed by atoms with Crippen LogP contribution in [0.5, 0.6) is 0 Å². The van der Waals surface area contributed by atoms with Crippen LogP contribution in [0.25, 0.3) is 11.5 Å². The minimum atomic E-state index is 0.695. The molecule has 2 rings (SSSR count). The lowest BCUT2D eigenvalue weighted by atomic mass is 10.1. The van der Waals surface area contributed by atoms with Crippen molar-refractivity contribution in [2.24, 2.45) is 0 Å². The first-order valence-corrected chi connectivity index (χ1v) is 5.62. The third-order valence-corrected chi connectivity index (χ3v) is 2.67. The van der Waals surface area contributed by atoms with E-state index < -0.39 is 0 Å². The molecule has 2 heterocycles. The lowest BCUT2D eigenvalue weighted by Crippen LogP contribution is -2.11. The van der Waals surface area contributed by atoms with Crippen LogP contribution in [0, 0.1) is 13.8 Å². The van der Waals surface area contributed by atoms with Gasteiger partial charge in [-0.1, -0.05) is 6.07 Å². The van der Waals surface area contributed by atoms with E-state index in [2.05, 4.69) is 20.3 Å². The summed E-state index contributed by atoms with van der Waals surface area (Å²) in [4.78, 5) is 13.3. The van der Waals surface area contributed by atoms with E-state index in [4.69, 9.17) is 0 Å². The Morgan fingerprint density at radius 1 is 1.12 bits per heavy atom. The number of nitrogens with one attached hydrogen (secondary N) is 1. The highest BCUT2D eigenvalue weighted by molar-refractivity contribution is 5.49. The van der Waals surface area contributed by atoms with Gasteiger partial charge in [-0.15, -0.1) is 0 Å². The van der Waals surface area contributed by atoms with Crippen molar-refractivity contribution in [3.8, 4) is 11.5 Å². The van der Waals surface area contributed by atoms with Crippen LogP contribution in [0.2, 0.25) is 0 Å². The number of aryl methyl sites for hydroxylation is 2. The van der Waals surface area contributed by atoms with E-state index in [1.807, 2.05) is 39.1 Å². The Morgan fingerprint density at radius 2 is 1.82 bits per heavy atom. The van der Waals surface area contributed by atoms with Crippen LogP contribution in [-0.2, 0) is 6.54 Å². The van der Waals surface area contributed by atoms with Crippen LogP contribution in [0.4, 0.5) is 0 Å². The van der Waals surface area contributed by atoms with Gasteiger partial charge in [-0.3, -0.25) is 4.98 Å². The molecule has 0 spiro atoms. The van der Waals surface area contributed by atoms with Crippen molar-refractivity contribution in [3.63, 3.8) is 0 Å². The topological polar surface area (TPSA) is 50.7 Å². The Morgan fingerprint density at radius 3 is 2.35 bits per heavy atom. The number of aromatic nitrogens is 3. The normalized spacial score (nSPS) is 10.5. The average Bonchev–Trinajstić information content (AvgIpc) is 2.35. The summed E-state index contributed by atoms with van der Waals surface area (Å²) in [6.45, 7) is 4.81. The minimum Gasteiger partial charge on any atom is -0.316 e. The molecule has 2 aromatic heterocycles. The summed E-state index contributed by atoms with van der Waals surface area (Å²) >= 11 is 0.